The first-order valence-corrected chi connectivity index (χ1v) is 3.95. The zero-order valence-electron chi connectivity index (χ0n) is 7.52. The molecule has 0 radical (unpaired) electrons. The largest absolute Gasteiger partial charge is 0.459 e. The first kappa shape index (κ1) is 14.4. The van der Waals surface area contributed by atoms with Gasteiger partial charge in [0.2, 0.25) is 0 Å². The predicted octanol–water partition coefficient (Wildman–Crippen LogP) is 3.96. The predicted molar refractivity (Wildman–Crippen MR) is 35.8 cm³/mol. The molecule has 0 aliphatic heterocycles. The monoisotopic (exact) mass is 244 g/mol. The van der Waals surface area contributed by atoms with E-state index < -0.39 is 30.6 Å². The van der Waals surface area contributed by atoms with Gasteiger partial charge in [0.1, 0.15) is 0 Å². The molecule has 0 aliphatic carbocycles. The third-order valence-electron chi connectivity index (χ3n) is 1.71. The molecule has 8 heteroatoms. The fraction of sp³-hybridized carbons (Fsp3) is 1.00. The van der Waals surface area contributed by atoms with Gasteiger partial charge in [-0.2, -0.15) is 30.7 Å². The van der Waals surface area contributed by atoms with E-state index in [0.717, 1.165) is 0 Å². The van der Waals surface area contributed by atoms with Gasteiger partial charge in [-0.3, -0.25) is 0 Å². The van der Waals surface area contributed by atoms with Crippen molar-refractivity contribution in [1.82, 2.24) is 0 Å². The normalized spacial score (nSPS) is 16.6. The van der Waals surface area contributed by atoms with Gasteiger partial charge >= 0.3 is 18.0 Å². The average Bonchev–Trinajstić information content (AvgIpc) is 2.02. The standard InChI is InChI=1S/C7H8F8/c1-2-3-4(8)5(9,10)6(11,12)7(13,14)15/h4H,2-3H2,1H3. The molecule has 1 atom stereocenters. The van der Waals surface area contributed by atoms with E-state index in [1.807, 2.05) is 0 Å². The Hall–Kier alpha value is -0.560. The highest BCUT2D eigenvalue weighted by atomic mass is 19.4. The molecule has 0 aliphatic rings. The summed E-state index contributed by atoms with van der Waals surface area (Å²) in [7, 11) is 0. The lowest BCUT2D eigenvalue weighted by Crippen LogP contribution is -2.56. The molecule has 0 aromatic carbocycles. The highest BCUT2D eigenvalue weighted by Crippen LogP contribution is 2.49. The van der Waals surface area contributed by atoms with Gasteiger partial charge in [-0.1, -0.05) is 13.3 Å². The molecule has 0 amide bonds. The maximum atomic E-state index is 12.5. The van der Waals surface area contributed by atoms with Crippen molar-refractivity contribution in [1.29, 1.82) is 0 Å². The fourth-order valence-corrected chi connectivity index (χ4v) is 0.820. The molecule has 0 N–H and O–H groups in total. The molecule has 92 valence electrons. The summed E-state index contributed by atoms with van der Waals surface area (Å²) < 4.78 is 96.3. The number of hydrogen-bond acceptors (Lipinski definition) is 0. The molecule has 0 heterocycles. The van der Waals surface area contributed by atoms with E-state index in [9.17, 15) is 35.1 Å². The van der Waals surface area contributed by atoms with Crippen molar-refractivity contribution in [2.45, 2.75) is 44.0 Å². The third kappa shape index (κ3) is 2.52. The number of halogens is 8. The maximum absolute atomic E-state index is 12.5. The van der Waals surface area contributed by atoms with Crippen LogP contribution in [0.1, 0.15) is 19.8 Å². The minimum absolute atomic E-state index is 0.259. The van der Waals surface area contributed by atoms with Crippen molar-refractivity contribution in [3.63, 3.8) is 0 Å². The summed E-state index contributed by atoms with van der Waals surface area (Å²) in [4.78, 5) is 0. The van der Waals surface area contributed by atoms with Crippen LogP contribution < -0.4 is 0 Å². The fourth-order valence-electron chi connectivity index (χ4n) is 0.820. The first-order chi connectivity index (χ1) is 6.48. The van der Waals surface area contributed by atoms with Crippen LogP contribution in [0.3, 0.4) is 0 Å². The highest BCUT2D eigenvalue weighted by Gasteiger charge is 2.75. The van der Waals surface area contributed by atoms with Crippen molar-refractivity contribution in [2.24, 2.45) is 0 Å². The minimum atomic E-state index is -6.46. The maximum Gasteiger partial charge on any atom is 0.459 e. The van der Waals surface area contributed by atoms with Crippen molar-refractivity contribution in [3.8, 4) is 0 Å². The van der Waals surface area contributed by atoms with E-state index in [1.54, 1.807) is 0 Å². The lowest BCUT2D eigenvalue weighted by molar-refractivity contribution is -0.366. The Morgan fingerprint density at radius 3 is 1.60 bits per heavy atom. The lowest BCUT2D eigenvalue weighted by atomic mass is 10.0. The first-order valence-electron chi connectivity index (χ1n) is 3.95. The molecule has 0 spiro atoms. The molecule has 0 nitrogen and oxygen atoms in total. The molecule has 1 unspecified atom stereocenters. The van der Waals surface area contributed by atoms with Crippen LogP contribution in [0.15, 0.2) is 0 Å². The summed E-state index contributed by atoms with van der Waals surface area (Å²) in [6.45, 7) is 1.19. The summed E-state index contributed by atoms with van der Waals surface area (Å²) >= 11 is 0. The Morgan fingerprint density at radius 1 is 0.933 bits per heavy atom. The van der Waals surface area contributed by atoms with Crippen molar-refractivity contribution < 1.29 is 35.1 Å². The van der Waals surface area contributed by atoms with Gasteiger partial charge in [0, 0.05) is 0 Å². The van der Waals surface area contributed by atoms with Gasteiger partial charge in [-0.25, -0.2) is 4.39 Å². The molecule has 0 saturated carbocycles. The number of rotatable bonds is 4. The van der Waals surface area contributed by atoms with Crippen LogP contribution in [0.4, 0.5) is 35.1 Å². The Bertz CT molecular complexity index is 206. The third-order valence-corrected chi connectivity index (χ3v) is 1.71. The van der Waals surface area contributed by atoms with E-state index in [1.165, 1.54) is 6.92 Å². The van der Waals surface area contributed by atoms with Crippen LogP contribution in [-0.4, -0.2) is 24.2 Å². The van der Waals surface area contributed by atoms with Gasteiger partial charge in [-0.05, 0) is 6.42 Å². The molecule has 0 aromatic heterocycles. The molecular formula is C7H8F8. The Balaban J connectivity index is 5.00. The zero-order valence-corrected chi connectivity index (χ0v) is 7.52. The zero-order chi connectivity index (χ0) is 12.5. The molecule has 0 fully saturated rings. The Labute approximate surface area is 80.3 Å². The van der Waals surface area contributed by atoms with Crippen molar-refractivity contribution >= 4 is 0 Å². The summed E-state index contributed by atoms with van der Waals surface area (Å²) in [5.74, 6) is -12.1. The van der Waals surface area contributed by atoms with Gasteiger partial charge in [0.05, 0.1) is 0 Å². The smallest absolute Gasteiger partial charge is 0.241 e. The number of hydrogen-bond donors (Lipinski definition) is 0. The second-order valence-electron chi connectivity index (χ2n) is 2.95. The molecule has 0 saturated heterocycles. The van der Waals surface area contributed by atoms with Crippen LogP contribution in [0.2, 0.25) is 0 Å². The topological polar surface area (TPSA) is 0 Å². The van der Waals surface area contributed by atoms with Crippen LogP contribution >= 0.6 is 0 Å². The van der Waals surface area contributed by atoms with Gasteiger partial charge in [-0.15, -0.1) is 0 Å². The van der Waals surface area contributed by atoms with E-state index in [2.05, 4.69) is 0 Å². The van der Waals surface area contributed by atoms with E-state index in [4.69, 9.17) is 0 Å². The molecule has 0 aromatic rings. The summed E-state index contributed by atoms with van der Waals surface area (Å²) in [5.41, 5.74) is 0. The molecular weight excluding hydrogens is 236 g/mol. The van der Waals surface area contributed by atoms with E-state index in [0.29, 0.717) is 0 Å². The highest BCUT2D eigenvalue weighted by molar-refractivity contribution is 4.95. The van der Waals surface area contributed by atoms with Crippen molar-refractivity contribution in [2.75, 3.05) is 0 Å². The SMILES string of the molecule is CCCC(F)C(F)(F)C(F)(F)C(F)(F)F. The lowest BCUT2D eigenvalue weighted by Gasteiger charge is -2.30. The van der Waals surface area contributed by atoms with Crippen LogP contribution in [0.25, 0.3) is 0 Å². The van der Waals surface area contributed by atoms with Crippen LogP contribution in [-0.2, 0) is 0 Å². The van der Waals surface area contributed by atoms with Gasteiger partial charge in [0.25, 0.3) is 0 Å². The van der Waals surface area contributed by atoms with Crippen LogP contribution in [0.5, 0.6) is 0 Å². The molecule has 0 rings (SSSR count). The Kier molecular flexibility index (Phi) is 3.98. The average molecular weight is 244 g/mol. The van der Waals surface area contributed by atoms with E-state index in [-0.39, 0.29) is 6.42 Å². The number of alkyl halides is 8. The second-order valence-corrected chi connectivity index (χ2v) is 2.95. The van der Waals surface area contributed by atoms with Crippen molar-refractivity contribution in [3.05, 3.63) is 0 Å². The second kappa shape index (κ2) is 4.13. The van der Waals surface area contributed by atoms with E-state index >= 15 is 0 Å². The van der Waals surface area contributed by atoms with Crippen LogP contribution in [0, 0.1) is 0 Å². The minimum Gasteiger partial charge on any atom is -0.241 e. The van der Waals surface area contributed by atoms with Gasteiger partial charge in [0.15, 0.2) is 6.17 Å². The van der Waals surface area contributed by atoms with Gasteiger partial charge < -0.3 is 0 Å². The summed E-state index contributed by atoms with van der Waals surface area (Å²) in [6.07, 6.45) is -11.3. The molecule has 0 bridgehead atoms. The Morgan fingerprint density at radius 2 is 1.33 bits per heavy atom. The molecule has 15 heavy (non-hydrogen) atoms. The summed E-state index contributed by atoms with van der Waals surface area (Å²) in [6, 6.07) is 0. The summed E-state index contributed by atoms with van der Waals surface area (Å²) in [5, 5.41) is 0. The quantitative estimate of drug-likeness (QED) is 0.656.